The summed E-state index contributed by atoms with van der Waals surface area (Å²) in [5, 5.41) is 0. The molecular formula is C24H14F2N2Pt. The van der Waals surface area contributed by atoms with E-state index in [4.69, 9.17) is 0 Å². The SMILES string of the molecule is Fc1cc(F)c2[c-]c1-c1cccc(n1)Cc1[c-]c(ccc1)Cc1cccc-2n1.[Pt+2]. The van der Waals surface area contributed by atoms with Gasteiger partial charge in [0.05, 0.1) is 11.6 Å². The Morgan fingerprint density at radius 1 is 0.655 bits per heavy atom. The summed E-state index contributed by atoms with van der Waals surface area (Å²) in [6, 6.07) is 24.0. The average Bonchev–Trinajstić information content (AvgIpc) is 2.68. The van der Waals surface area contributed by atoms with Crippen LogP contribution in [0.4, 0.5) is 8.78 Å². The molecule has 4 aromatic rings. The zero-order chi connectivity index (χ0) is 19.1. The van der Waals surface area contributed by atoms with E-state index in [9.17, 15) is 8.78 Å². The molecule has 0 spiro atoms. The van der Waals surface area contributed by atoms with Crippen LogP contribution < -0.4 is 0 Å². The van der Waals surface area contributed by atoms with Gasteiger partial charge >= 0.3 is 21.1 Å². The maximum absolute atomic E-state index is 14.5. The van der Waals surface area contributed by atoms with Gasteiger partial charge < -0.3 is 0 Å². The van der Waals surface area contributed by atoms with E-state index in [1.807, 2.05) is 42.5 Å². The summed E-state index contributed by atoms with van der Waals surface area (Å²) in [6.07, 6.45) is 1.15. The number of hydrogen-bond acceptors (Lipinski definition) is 2. The minimum atomic E-state index is -0.692. The molecule has 0 fully saturated rings. The first-order chi connectivity index (χ1) is 13.7. The van der Waals surface area contributed by atoms with Crippen molar-refractivity contribution in [1.82, 2.24) is 9.97 Å². The molecule has 0 saturated carbocycles. The number of pyridine rings is 2. The topological polar surface area (TPSA) is 25.8 Å². The molecule has 144 valence electrons. The molecule has 0 saturated heterocycles. The van der Waals surface area contributed by atoms with Crippen LogP contribution in [0.5, 0.6) is 0 Å². The molecular weight excluding hydrogens is 549 g/mol. The molecule has 0 unspecified atom stereocenters. The van der Waals surface area contributed by atoms with Crippen molar-refractivity contribution in [2.75, 3.05) is 0 Å². The quantitative estimate of drug-likeness (QED) is 0.243. The Balaban J connectivity index is 0.00000205. The van der Waals surface area contributed by atoms with Crippen LogP contribution in [0.1, 0.15) is 22.5 Å². The van der Waals surface area contributed by atoms with Crippen molar-refractivity contribution >= 4 is 0 Å². The van der Waals surface area contributed by atoms with Crippen LogP contribution in [-0.4, -0.2) is 9.97 Å². The molecule has 2 aromatic carbocycles. The summed E-state index contributed by atoms with van der Waals surface area (Å²) in [5.74, 6) is -1.38. The average molecular weight is 563 g/mol. The smallest absolute Gasteiger partial charge is 0.291 e. The zero-order valence-corrected chi connectivity index (χ0v) is 17.4. The van der Waals surface area contributed by atoms with Crippen LogP contribution in [-0.2, 0) is 33.9 Å². The van der Waals surface area contributed by atoms with Gasteiger partial charge in [-0.2, -0.15) is 35.4 Å². The number of aromatic nitrogens is 2. The third kappa shape index (κ3) is 3.90. The van der Waals surface area contributed by atoms with E-state index in [-0.39, 0.29) is 32.2 Å². The number of hydrogen-bond donors (Lipinski definition) is 0. The van der Waals surface area contributed by atoms with E-state index < -0.39 is 11.6 Å². The van der Waals surface area contributed by atoms with Gasteiger partial charge in [0.2, 0.25) is 0 Å². The first-order valence-electron chi connectivity index (χ1n) is 9.00. The van der Waals surface area contributed by atoms with Crippen LogP contribution in [0, 0.1) is 23.8 Å². The van der Waals surface area contributed by atoms with Gasteiger partial charge in [-0.3, -0.25) is 18.7 Å². The van der Waals surface area contributed by atoms with Crippen molar-refractivity contribution in [2.24, 2.45) is 0 Å². The van der Waals surface area contributed by atoms with Gasteiger partial charge in [0.15, 0.2) is 0 Å². The summed E-state index contributed by atoms with van der Waals surface area (Å²) in [6.45, 7) is 0. The number of fused-ring (bicyclic) bond motifs is 10. The number of rotatable bonds is 0. The van der Waals surface area contributed by atoms with Gasteiger partial charge in [0.1, 0.15) is 0 Å². The normalized spacial score (nSPS) is 11.9. The molecule has 2 aromatic heterocycles. The Hall–Kier alpha value is -2.71. The maximum atomic E-state index is 14.5. The van der Waals surface area contributed by atoms with Gasteiger partial charge in [0.25, 0.3) is 0 Å². The predicted octanol–water partition coefficient (Wildman–Crippen LogP) is 5.18. The molecule has 1 aliphatic rings. The summed E-state index contributed by atoms with van der Waals surface area (Å²) in [7, 11) is 0. The fourth-order valence-corrected chi connectivity index (χ4v) is 3.47. The number of halogens is 2. The molecule has 0 aliphatic carbocycles. The van der Waals surface area contributed by atoms with E-state index in [0.29, 0.717) is 24.2 Å². The minimum absolute atomic E-state index is 0. The Bertz CT molecular complexity index is 1120. The number of benzene rings is 2. The Kier molecular flexibility index (Phi) is 5.38. The third-order valence-electron chi connectivity index (χ3n) is 4.77. The molecule has 0 amide bonds. The standard InChI is InChI=1S/C24H14F2N2.Pt/c25-21-14-22(26)20-13-19(21)23-8-2-6-17(27-23)11-15-4-1-5-16(10-15)12-18-7-3-9-24(20)28-18;/h1-9,14H,11-12H2;/q-2;+2. The first kappa shape index (κ1) is 19.6. The Morgan fingerprint density at radius 3 is 1.66 bits per heavy atom. The summed E-state index contributed by atoms with van der Waals surface area (Å²) >= 11 is 0. The van der Waals surface area contributed by atoms with Gasteiger partial charge in [0, 0.05) is 22.8 Å². The fourth-order valence-electron chi connectivity index (χ4n) is 3.47. The van der Waals surface area contributed by atoms with Crippen LogP contribution >= 0.6 is 0 Å². The molecule has 29 heavy (non-hydrogen) atoms. The minimum Gasteiger partial charge on any atom is -0.291 e. The van der Waals surface area contributed by atoms with Gasteiger partial charge in [-0.15, -0.1) is 6.07 Å². The first-order valence-corrected chi connectivity index (χ1v) is 9.00. The summed E-state index contributed by atoms with van der Waals surface area (Å²) in [4.78, 5) is 9.15. The van der Waals surface area contributed by atoms with E-state index in [0.717, 1.165) is 28.6 Å². The van der Waals surface area contributed by atoms with E-state index in [1.165, 1.54) is 0 Å². The maximum Gasteiger partial charge on any atom is 2.00 e. The van der Waals surface area contributed by atoms with Gasteiger partial charge in [-0.1, -0.05) is 41.5 Å². The van der Waals surface area contributed by atoms with Crippen molar-refractivity contribution in [1.29, 1.82) is 0 Å². The molecule has 5 rings (SSSR count). The molecule has 8 bridgehead atoms. The molecule has 3 heterocycles. The zero-order valence-electron chi connectivity index (χ0n) is 15.2. The van der Waals surface area contributed by atoms with Crippen LogP contribution in [0.2, 0.25) is 0 Å². The molecule has 0 radical (unpaired) electrons. The van der Waals surface area contributed by atoms with Gasteiger partial charge in [-0.05, 0) is 25.0 Å². The summed E-state index contributed by atoms with van der Waals surface area (Å²) in [5.41, 5.74) is 4.69. The van der Waals surface area contributed by atoms with Crippen LogP contribution in [0.15, 0.2) is 60.7 Å². The molecule has 0 N–H and O–H groups in total. The Morgan fingerprint density at radius 2 is 1.14 bits per heavy atom. The van der Waals surface area contributed by atoms with E-state index >= 15 is 0 Å². The fraction of sp³-hybridized carbons (Fsp3) is 0.0833. The van der Waals surface area contributed by atoms with Crippen molar-refractivity contribution < 1.29 is 29.8 Å². The van der Waals surface area contributed by atoms with E-state index in [2.05, 4.69) is 22.1 Å². The van der Waals surface area contributed by atoms with Crippen LogP contribution in [0.3, 0.4) is 0 Å². The Labute approximate surface area is 181 Å². The summed E-state index contributed by atoms with van der Waals surface area (Å²) < 4.78 is 29.1. The van der Waals surface area contributed by atoms with Crippen molar-refractivity contribution in [3.63, 3.8) is 0 Å². The second kappa shape index (κ2) is 7.96. The van der Waals surface area contributed by atoms with Gasteiger partial charge in [-0.25, -0.2) is 0 Å². The van der Waals surface area contributed by atoms with Crippen molar-refractivity contribution in [3.8, 4) is 22.5 Å². The van der Waals surface area contributed by atoms with Crippen molar-refractivity contribution in [2.45, 2.75) is 12.8 Å². The molecule has 1 aliphatic heterocycles. The molecule has 0 atom stereocenters. The van der Waals surface area contributed by atoms with E-state index in [1.54, 1.807) is 12.1 Å². The van der Waals surface area contributed by atoms with Crippen LogP contribution in [0.25, 0.3) is 22.5 Å². The number of nitrogens with zero attached hydrogens (tertiary/aromatic N) is 2. The largest absolute Gasteiger partial charge is 2.00 e. The second-order valence-corrected chi connectivity index (χ2v) is 6.80. The van der Waals surface area contributed by atoms with Crippen molar-refractivity contribution in [3.05, 3.63) is 107 Å². The monoisotopic (exact) mass is 563 g/mol. The second-order valence-electron chi connectivity index (χ2n) is 6.80. The third-order valence-corrected chi connectivity index (χ3v) is 4.77. The predicted molar refractivity (Wildman–Crippen MR) is 103 cm³/mol. The molecule has 5 heteroatoms. The molecule has 2 nitrogen and oxygen atoms in total.